The number of aryl methyl sites for hydroxylation is 1. The van der Waals surface area contributed by atoms with E-state index in [1.54, 1.807) is 24.3 Å². The number of amides is 1. The summed E-state index contributed by atoms with van der Waals surface area (Å²) in [5, 5.41) is 6.41. The van der Waals surface area contributed by atoms with E-state index in [2.05, 4.69) is 15.5 Å². The quantitative estimate of drug-likeness (QED) is 0.326. The monoisotopic (exact) mass is 457 g/mol. The molecule has 0 atom stereocenters. The third kappa shape index (κ3) is 7.91. The third-order valence-electron chi connectivity index (χ3n) is 4.31. The summed E-state index contributed by atoms with van der Waals surface area (Å²) in [7, 11) is 0. The second-order valence-corrected chi connectivity index (χ2v) is 6.78. The Hall–Kier alpha value is -3.95. The van der Waals surface area contributed by atoms with Crippen LogP contribution in [0.4, 0.5) is 4.39 Å². The zero-order valence-corrected chi connectivity index (χ0v) is 18.1. The van der Waals surface area contributed by atoms with Gasteiger partial charge in [0.1, 0.15) is 23.9 Å². The molecule has 2 aromatic carbocycles. The molecule has 0 aliphatic heterocycles. The van der Waals surface area contributed by atoms with Crippen LogP contribution in [0.15, 0.2) is 53.1 Å². The number of hydrogen-bond acceptors (Lipinski definition) is 8. The molecule has 0 fully saturated rings. The molecule has 0 bridgehead atoms. The minimum absolute atomic E-state index is 0.0286. The number of nitrogens with zero attached hydrogens (tertiary/aromatic N) is 2. The lowest BCUT2D eigenvalue weighted by atomic mass is 10.2. The number of aromatic nitrogens is 2. The molecule has 33 heavy (non-hydrogen) atoms. The number of esters is 1. The highest BCUT2D eigenvalue weighted by molar-refractivity contribution is 5.80. The summed E-state index contributed by atoms with van der Waals surface area (Å²) in [5.74, 6) is 0.573. The number of benzene rings is 2. The highest BCUT2D eigenvalue weighted by atomic mass is 19.1. The maximum absolute atomic E-state index is 13.0. The van der Waals surface area contributed by atoms with Gasteiger partial charge in [0.05, 0.1) is 19.6 Å². The van der Waals surface area contributed by atoms with Crippen molar-refractivity contribution in [2.75, 3.05) is 26.4 Å². The molecule has 9 nitrogen and oxygen atoms in total. The van der Waals surface area contributed by atoms with Gasteiger partial charge >= 0.3 is 5.97 Å². The molecule has 0 spiro atoms. The van der Waals surface area contributed by atoms with Gasteiger partial charge in [-0.15, -0.1) is 0 Å². The summed E-state index contributed by atoms with van der Waals surface area (Å²) in [6, 6.07) is 12.8. The van der Waals surface area contributed by atoms with Crippen LogP contribution in [0.1, 0.15) is 19.2 Å². The van der Waals surface area contributed by atoms with Crippen molar-refractivity contribution in [2.45, 2.75) is 19.8 Å². The molecule has 0 radical (unpaired) electrons. The van der Waals surface area contributed by atoms with Crippen molar-refractivity contribution in [2.24, 2.45) is 0 Å². The van der Waals surface area contributed by atoms with E-state index in [9.17, 15) is 14.0 Å². The van der Waals surface area contributed by atoms with Crippen molar-refractivity contribution >= 4 is 11.9 Å². The summed E-state index contributed by atoms with van der Waals surface area (Å²) in [5.41, 5.74) is 0.595. The number of ether oxygens (including phenoxy) is 3. The van der Waals surface area contributed by atoms with Crippen LogP contribution in [-0.2, 0) is 20.7 Å². The molecule has 1 aromatic heterocycles. The Morgan fingerprint density at radius 1 is 1.03 bits per heavy atom. The van der Waals surface area contributed by atoms with Gasteiger partial charge in [0.2, 0.25) is 11.7 Å². The summed E-state index contributed by atoms with van der Waals surface area (Å²) < 4.78 is 33.9. The van der Waals surface area contributed by atoms with Gasteiger partial charge in [-0.1, -0.05) is 5.16 Å². The smallest absolute Gasteiger partial charge is 0.306 e. The molecule has 3 rings (SSSR count). The minimum atomic E-state index is -0.572. The fourth-order valence-corrected chi connectivity index (χ4v) is 2.71. The van der Waals surface area contributed by atoms with Crippen LogP contribution in [0.5, 0.6) is 11.5 Å². The summed E-state index contributed by atoms with van der Waals surface area (Å²) in [4.78, 5) is 27.8. The number of nitrogens with one attached hydrogen (secondary N) is 1. The third-order valence-corrected chi connectivity index (χ3v) is 4.31. The number of rotatable bonds is 12. The second kappa shape index (κ2) is 12.2. The van der Waals surface area contributed by atoms with Gasteiger partial charge in [-0.2, -0.15) is 4.98 Å². The molecule has 174 valence electrons. The number of hydrogen-bond donors (Lipinski definition) is 1. The first-order valence-corrected chi connectivity index (χ1v) is 10.4. The Morgan fingerprint density at radius 2 is 1.73 bits per heavy atom. The maximum Gasteiger partial charge on any atom is 0.306 e. The van der Waals surface area contributed by atoms with Crippen LogP contribution in [-0.4, -0.2) is 48.4 Å². The van der Waals surface area contributed by atoms with E-state index in [0.29, 0.717) is 23.7 Å². The Bertz CT molecular complexity index is 1040. The van der Waals surface area contributed by atoms with Crippen LogP contribution < -0.4 is 14.8 Å². The predicted octanol–water partition coefficient (Wildman–Crippen LogP) is 2.95. The van der Waals surface area contributed by atoms with E-state index in [4.69, 9.17) is 18.7 Å². The highest BCUT2D eigenvalue weighted by Gasteiger charge is 2.13. The molecule has 0 saturated heterocycles. The molecule has 0 aliphatic carbocycles. The Labute approximate surface area is 189 Å². The first kappa shape index (κ1) is 23.7. The summed E-state index contributed by atoms with van der Waals surface area (Å²) in [6.45, 7) is 2.63. The van der Waals surface area contributed by atoms with Crippen molar-refractivity contribution in [3.63, 3.8) is 0 Å². The van der Waals surface area contributed by atoms with Crippen molar-refractivity contribution in [3.8, 4) is 22.9 Å². The molecule has 0 aliphatic rings. The SMILES string of the molecule is CCOc1ccc(OCCNC(=O)COC(=O)CCc2nc(-c3ccc(F)cc3)no2)cc1. The van der Waals surface area contributed by atoms with Gasteiger partial charge in [-0.3, -0.25) is 9.59 Å². The molecule has 3 aromatic rings. The van der Waals surface area contributed by atoms with Crippen molar-refractivity contribution in [1.82, 2.24) is 15.5 Å². The van der Waals surface area contributed by atoms with Crippen molar-refractivity contribution in [3.05, 3.63) is 60.2 Å². The molecular weight excluding hydrogens is 433 g/mol. The molecule has 0 saturated carbocycles. The van der Waals surface area contributed by atoms with Gasteiger partial charge < -0.3 is 24.1 Å². The van der Waals surface area contributed by atoms with Crippen LogP contribution in [0.2, 0.25) is 0 Å². The number of carbonyl (C=O) groups is 2. The largest absolute Gasteiger partial charge is 0.494 e. The molecular formula is C23H24FN3O6. The highest BCUT2D eigenvalue weighted by Crippen LogP contribution is 2.18. The Balaban J connectivity index is 1.29. The predicted molar refractivity (Wildman–Crippen MR) is 115 cm³/mol. The number of carbonyl (C=O) groups excluding carboxylic acids is 2. The fraction of sp³-hybridized carbons (Fsp3) is 0.304. The summed E-state index contributed by atoms with van der Waals surface area (Å²) in [6.07, 6.45) is 0.129. The second-order valence-electron chi connectivity index (χ2n) is 6.78. The van der Waals surface area contributed by atoms with Crippen LogP contribution in [0.3, 0.4) is 0 Å². The Kier molecular flexibility index (Phi) is 8.75. The van der Waals surface area contributed by atoms with E-state index < -0.39 is 18.5 Å². The average molecular weight is 457 g/mol. The lowest BCUT2D eigenvalue weighted by Gasteiger charge is -2.09. The lowest BCUT2D eigenvalue weighted by molar-refractivity contribution is -0.148. The zero-order valence-electron chi connectivity index (χ0n) is 18.1. The van der Waals surface area contributed by atoms with Crippen molar-refractivity contribution in [1.29, 1.82) is 0 Å². The van der Waals surface area contributed by atoms with Gasteiger partial charge in [0, 0.05) is 12.0 Å². The topological polar surface area (TPSA) is 113 Å². The van der Waals surface area contributed by atoms with Crippen molar-refractivity contribution < 1.29 is 32.7 Å². The van der Waals surface area contributed by atoms with Gasteiger partial charge in [0.25, 0.3) is 5.91 Å². The number of halogens is 1. The van der Waals surface area contributed by atoms with E-state index in [0.717, 1.165) is 5.75 Å². The van der Waals surface area contributed by atoms with Crippen LogP contribution >= 0.6 is 0 Å². The normalized spacial score (nSPS) is 10.5. The van der Waals surface area contributed by atoms with E-state index in [-0.39, 0.29) is 37.7 Å². The van der Waals surface area contributed by atoms with Gasteiger partial charge in [0.15, 0.2) is 6.61 Å². The molecule has 1 N–H and O–H groups in total. The average Bonchev–Trinajstić information content (AvgIpc) is 3.30. The Morgan fingerprint density at radius 3 is 2.42 bits per heavy atom. The van der Waals surface area contributed by atoms with Crippen LogP contribution in [0.25, 0.3) is 11.4 Å². The fourth-order valence-electron chi connectivity index (χ4n) is 2.71. The van der Waals surface area contributed by atoms with E-state index in [1.807, 2.05) is 6.92 Å². The summed E-state index contributed by atoms with van der Waals surface area (Å²) >= 11 is 0. The van der Waals surface area contributed by atoms with Crippen LogP contribution in [0, 0.1) is 5.82 Å². The molecule has 1 amide bonds. The van der Waals surface area contributed by atoms with Gasteiger partial charge in [-0.05, 0) is 55.5 Å². The minimum Gasteiger partial charge on any atom is -0.494 e. The van der Waals surface area contributed by atoms with Gasteiger partial charge in [-0.25, -0.2) is 4.39 Å². The first-order chi connectivity index (χ1) is 16.0. The molecule has 0 unspecified atom stereocenters. The molecule has 1 heterocycles. The maximum atomic E-state index is 13.0. The zero-order chi connectivity index (χ0) is 23.5. The molecule has 10 heteroatoms. The van der Waals surface area contributed by atoms with E-state index in [1.165, 1.54) is 24.3 Å². The van der Waals surface area contributed by atoms with E-state index >= 15 is 0 Å². The first-order valence-electron chi connectivity index (χ1n) is 10.4. The standard InChI is InChI=1S/C23H24FN3O6/c1-2-30-18-7-9-19(10-8-18)31-14-13-25-20(28)15-32-22(29)12-11-21-26-23(27-33-21)16-3-5-17(24)6-4-16/h3-10H,2,11-15H2,1H3,(H,25,28). The lowest BCUT2D eigenvalue weighted by Crippen LogP contribution is -2.32.